The number of amides is 1. The van der Waals surface area contributed by atoms with Crippen molar-refractivity contribution in [1.29, 1.82) is 5.26 Å². The highest BCUT2D eigenvalue weighted by Gasteiger charge is 2.15. The second kappa shape index (κ2) is 12.8. The molecular weight excluding hydrogens is 416 g/mol. The number of ether oxygens (including phenoxy) is 2. The summed E-state index contributed by atoms with van der Waals surface area (Å²) in [5, 5.41) is 11.9. The van der Waals surface area contributed by atoms with Gasteiger partial charge in [-0.05, 0) is 36.2 Å². The molecule has 1 aliphatic heterocycles. The van der Waals surface area contributed by atoms with Crippen LogP contribution in [0.1, 0.15) is 36.5 Å². The smallest absolute Gasteiger partial charge is 0.220 e. The van der Waals surface area contributed by atoms with Crippen LogP contribution in [0, 0.1) is 11.3 Å². The number of methoxy groups -OCH3 is 1. The third kappa shape index (κ3) is 7.77. The Hall–Kier alpha value is -3.08. The average Bonchev–Trinajstić information content (AvgIpc) is 2.86. The van der Waals surface area contributed by atoms with Crippen LogP contribution in [0.25, 0.3) is 0 Å². The molecule has 7 heteroatoms. The Morgan fingerprint density at radius 3 is 2.39 bits per heavy atom. The summed E-state index contributed by atoms with van der Waals surface area (Å²) >= 11 is 0. The summed E-state index contributed by atoms with van der Waals surface area (Å²) in [6.07, 6.45) is 0.986. The maximum absolute atomic E-state index is 12.2. The second-order valence-corrected chi connectivity index (χ2v) is 8.23. The topological polar surface area (TPSA) is 77.8 Å². The monoisotopic (exact) mass is 450 g/mol. The standard InChI is InChI=1S/C26H34N4O3/c1-3-29-12-14-30(15-13-29)20-22-8-6-21(7-9-22)19-28-26(31)5-4-16-33-24-11-10-23(18-27)17-25(24)32-2/h6-11,17H,3-5,12-16,19-20H2,1-2H3,(H,28,31). The van der Waals surface area contributed by atoms with Gasteiger partial charge in [0.1, 0.15) is 0 Å². The average molecular weight is 451 g/mol. The van der Waals surface area contributed by atoms with Crippen LogP contribution < -0.4 is 14.8 Å². The van der Waals surface area contributed by atoms with Crippen molar-refractivity contribution < 1.29 is 14.3 Å². The fourth-order valence-corrected chi connectivity index (χ4v) is 3.84. The maximum atomic E-state index is 12.2. The van der Waals surface area contributed by atoms with Gasteiger partial charge in [-0.3, -0.25) is 9.69 Å². The Labute approximate surface area is 196 Å². The Morgan fingerprint density at radius 1 is 1.03 bits per heavy atom. The van der Waals surface area contributed by atoms with Gasteiger partial charge >= 0.3 is 0 Å². The zero-order chi connectivity index (χ0) is 23.5. The molecular formula is C26H34N4O3. The molecule has 1 amide bonds. The number of hydrogen-bond acceptors (Lipinski definition) is 6. The van der Waals surface area contributed by atoms with E-state index in [1.54, 1.807) is 18.2 Å². The highest BCUT2D eigenvalue weighted by Crippen LogP contribution is 2.27. The molecule has 0 bridgehead atoms. The molecule has 1 saturated heterocycles. The van der Waals surface area contributed by atoms with E-state index in [0.29, 0.717) is 43.1 Å². The van der Waals surface area contributed by atoms with E-state index >= 15 is 0 Å². The minimum atomic E-state index is 0.00302. The van der Waals surface area contributed by atoms with E-state index in [1.165, 1.54) is 12.7 Å². The lowest BCUT2D eigenvalue weighted by Crippen LogP contribution is -2.45. The summed E-state index contributed by atoms with van der Waals surface area (Å²) in [6, 6.07) is 15.6. The summed E-state index contributed by atoms with van der Waals surface area (Å²) < 4.78 is 11.0. The molecule has 176 valence electrons. The number of carbonyl (C=O) groups excluding carboxylic acids is 1. The number of nitriles is 1. The second-order valence-electron chi connectivity index (χ2n) is 8.23. The Balaban J connectivity index is 1.33. The van der Waals surface area contributed by atoms with Crippen LogP contribution in [0.3, 0.4) is 0 Å². The van der Waals surface area contributed by atoms with Gasteiger partial charge in [-0.15, -0.1) is 0 Å². The molecule has 0 saturated carbocycles. The number of rotatable bonds is 11. The number of piperazine rings is 1. The third-order valence-electron chi connectivity index (χ3n) is 5.93. The van der Waals surface area contributed by atoms with Gasteiger partial charge < -0.3 is 19.7 Å². The molecule has 1 fully saturated rings. The van der Waals surface area contributed by atoms with Gasteiger partial charge in [0.15, 0.2) is 11.5 Å². The Bertz CT molecular complexity index is 932. The SMILES string of the molecule is CCN1CCN(Cc2ccc(CNC(=O)CCCOc3ccc(C#N)cc3OC)cc2)CC1. The van der Waals surface area contributed by atoms with Crippen molar-refractivity contribution in [3.05, 3.63) is 59.2 Å². The molecule has 2 aromatic carbocycles. The molecule has 0 atom stereocenters. The molecule has 0 aromatic heterocycles. The van der Waals surface area contributed by atoms with Crippen molar-refractivity contribution in [1.82, 2.24) is 15.1 Å². The number of nitrogens with zero attached hydrogens (tertiary/aromatic N) is 3. The molecule has 1 heterocycles. The van der Waals surface area contributed by atoms with Gasteiger partial charge in [-0.1, -0.05) is 31.2 Å². The molecule has 1 aliphatic rings. The van der Waals surface area contributed by atoms with Gasteiger partial charge in [0, 0.05) is 51.8 Å². The highest BCUT2D eigenvalue weighted by atomic mass is 16.5. The lowest BCUT2D eigenvalue weighted by molar-refractivity contribution is -0.121. The molecule has 33 heavy (non-hydrogen) atoms. The van der Waals surface area contributed by atoms with Gasteiger partial charge in [0.25, 0.3) is 0 Å². The van der Waals surface area contributed by atoms with Crippen molar-refractivity contribution in [2.45, 2.75) is 32.9 Å². The van der Waals surface area contributed by atoms with E-state index in [0.717, 1.165) is 44.8 Å². The predicted molar refractivity (Wildman–Crippen MR) is 128 cm³/mol. The summed E-state index contributed by atoms with van der Waals surface area (Å²) in [5.74, 6) is 1.10. The van der Waals surface area contributed by atoms with Gasteiger partial charge in [0.2, 0.25) is 5.91 Å². The fourth-order valence-electron chi connectivity index (χ4n) is 3.84. The molecule has 0 aliphatic carbocycles. The number of benzene rings is 2. The van der Waals surface area contributed by atoms with Gasteiger partial charge in [-0.25, -0.2) is 0 Å². The molecule has 7 nitrogen and oxygen atoms in total. The van der Waals surface area contributed by atoms with Gasteiger partial charge in [-0.2, -0.15) is 5.26 Å². The van der Waals surface area contributed by atoms with Crippen molar-refractivity contribution >= 4 is 5.91 Å². The van der Waals surface area contributed by atoms with Crippen molar-refractivity contribution in [2.24, 2.45) is 0 Å². The van der Waals surface area contributed by atoms with Crippen LogP contribution in [0.4, 0.5) is 0 Å². The summed E-state index contributed by atoms with van der Waals surface area (Å²) in [7, 11) is 1.54. The Kier molecular flexibility index (Phi) is 9.55. The first-order valence-electron chi connectivity index (χ1n) is 11.6. The van der Waals surface area contributed by atoms with Crippen LogP contribution in [-0.4, -0.2) is 62.1 Å². The molecule has 0 unspecified atom stereocenters. The van der Waals surface area contributed by atoms with Gasteiger partial charge in [0.05, 0.1) is 25.3 Å². The minimum Gasteiger partial charge on any atom is -0.493 e. The lowest BCUT2D eigenvalue weighted by atomic mass is 10.1. The van der Waals surface area contributed by atoms with Crippen LogP contribution in [0.15, 0.2) is 42.5 Å². The van der Waals surface area contributed by atoms with Crippen molar-refractivity contribution in [3.63, 3.8) is 0 Å². The number of hydrogen-bond donors (Lipinski definition) is 1. The molecule has 0 spiro atoms. The van der Waals surface area contributed by atoms with E-state index in [1.807, 2.05) is 0 Å². The summed E-state index contributed by atoms with van der Waals surface area (Å²) in [6.45, 7) is 9.78. The normalized spacial score (nSPS) is 14.5. The molecule has 1 N–H and O–H groups in total. The predicted octanol–water partition coefficient (Wildman–Crippen LogP) is 3.18. The molecule has 0 radical (unpaired) electrons. The van der Waals surface area contributed by atoms with E-state index in [2.05, 4.69) is 52.4 Å². The third-order valence-corrected chi connectivity index (χ3v) is 5.93. The number of likely N-dealkylation sites (N-methyl/N-ethyl adjacent to an activating group) is 1. The zero-order valence-electron chi connectivity index (χ0n) is 19.7. The number of carbonyl (C=O) groups is 1. The first kappa shape index (κ1) is 24.6. The quantitative estimate of drug-likeness (QED) is 0.530. The first-order valence-corrected chi connectivity index (χ1v) is 11.6. The fraction of sp³-hybridized carbons (Fsp3) is 0.462. The summed E-state index contributed by atoms with van der Waals surface area (Å²) in [4.78, 5) is 17.2. The lowest BCUT2D eigenvalue weighted by Gasteiger charge is -2.34. The van der Waals surface area contributed by atoms with E-state index in [-0.39, 0.29) is 5.91 Å². The van der Waals surface area contributed by atoms with E-state index in [9.17, 15) is 4.79 Å². The zero-order valence-corrected chi connectivity index (χ0v) is 19.7. The molecule has 3 rings (SSSR count). The highest BCUT2D eigenvalue weighted by molar-refractivity contribution is 5.75. The minimum absolute atomic E-state index is 0.00302. The van der Waals surface area contributed by atoms with Crippen molar-refractivity contribution in [2.75, 3.05) is 46.4 Å². The van der Waals surface area contributed by atoms with Crippen LogP contribution in [0.5, 0.6) is 11.5 Å². The maximum Gasteiger partial charge on any atom is 0.220 e. The molecule has 2 aromatic rings. The summed E-state index contributed by atoms with van der Waals surface area (Å²) in [5.41, 5.74) is 2.92. The largest absolute Gasteiger partial charge is 0.493 e. The van der Waals surface area contributed by atoms with Crippen molar-refractivity contribution in [3.8, 4) is 17.6 Å². The van der Waals surface area contributed by atoms with Crippen LogP contribution >= 0.6 is 0 Å². The van der Waals surface area contributed by atoms with E-state index in [4.69, 9.17) is 14.7 Å². The van der Waals surface area contributed by atoms with Crippen LogP contribution in [-0.2, 0) is 17.9 Å². The first-order chi connectivity index (χ1) is 16.1. The Morgan fingerprint density at radius 2 is 1.73 bits per heavy atom. The number of nitrogens with one attached hydrogen (secondary N) is 1. The van der Waals surface area contributed by atoms with Crippen LogP contribution in [0.2, 0.25) is 0 Å². The van der Waals surface area contributed by atoms with E-state index < -0.39 is 0 Å².